The fraction of sp³-hybridized carbons (Fsp3) is 0.308. The lowest BCUT2D eigenvalue weighted by atomic mass is 10.0. The molecule has 0 radical (unpaired) electrons. The van der Waals surface area contributed by atoms with Crippen LogP contribution in [-0.4, -0.2) is 22.0 Å². The summed E-state index contributed by atoms with van der Waals surface area (Å²) in [5.41, 5.74) is 1.55. The summed E-state index contributed by atoms with van der Waals surface area (Å²) in [5.74, 6) is 0.759. The zero-order chi connectivity index (χ0) is 13.1. The summed E-state index contributed by atoms with van der Waals surface area (Å²) in [7, 11) is 3.37. The summed E-state index contributed by atoms with van der Waals surface area (Å²) in [6.45, 7) is 0. The van der Waals surface area contributed by atoms with E-state index in [2.05, 4.69) is 5.10 Å². The number of aliphatic hydroxyl groups excluding tert-OH is 1. The smallest absolute Gasteiger partial charge is 0.122 e. The Hall–Kier alpha value is -1.52. The minimum absolute atomic E-state index is 0.434. The molecule has 5 heteroatoms. The molecule has 0 aliphatic heterocycles. The third-order valence-corrected chi connectivity index (χ3v) is 3.15. The van der Waals surface area contributed by atoms with E-state index in [1.54, 1.807) is 18.8 Å². The molecule has 1 N–H and O–H groups in total. The number of benzene rings is 1. The van der Waals surface area contributed by atoms with Gasteiger partial charge in [-0.3, -0.25) is 4.68 Å². The molecule has 4 nitrogen and oxygen atoms in total. The van der Waals surface area contributed by atoms with E-state index in [1.165, 1.54) is 6.20 Å². The Morgan fingerprint density at radius 1 is 1.44 bits per heavy atom. The van der Waals surface area contributed by atoms with E-state index < -0.39 is 6.10 Å². The summed E-state index contributed by atoms with van der Waals surface area (Å²) in [6.07, 6.45) is 1.26. The van der Waals surface area contributed by atoms with Crippen molar-refractivity contribution in [2.24, 2.45) is 7.05 Å². The van der Waals surface area contributed by atoms with Crippen LogP contribution < -0.4 is 4.74 Å². The third kappa shape index (κ3) is 2.49. The van der Waals surface area contributed by atoms with Crippen molar-refractivity contribution >= 4 is 11.6 Å². The molecule has 2 rings (SSSR count). The molecule has 1 aromatic heterocycles. The fourth-order valence-electron chi connectivity index (χ4n) is 1.97. The SMILES string of the molecule is COc1ccccc1CC(O)c1c(Cl)cnn1C. The summed E-state index contributed by atoms with van der Waals surface area (Å²) in [5, 5.41) is 14.7. The van der Waals surface area contributed by atoms with E-state index in [4.69, 9.17) is 16.3 Å². The average molecular weight is 267 g/mol. The Morgan fingerprint density at radius 2 is 2.17 bits per heavy atom. The Morgan fingerprint density at radius 3 is 2.78 bits per heavy atom. The van der Waals surface area contributed by atoms with Crippen molar-refractivity contribution in [2.75, 3.05) is 7.11 Å². The van der Waals surface area contributed by atoms with Crippen molar-refractivity contribution in [3.63, 3.8) is 0 Å². The van der Waals surface area contributed by atoms with Gasteiger partial charge in [-0.2, -0.15) is 5.10 Å². The predicted octanol–water partition coefficient (Wildman–Crippen LogP) is 2.36. The topological polar surface area (TPSA) is 47.3 Å². The monoisotopic (exact) mass is 266 g/mol. The maximum Gasteiger partial charge on any atom is 0.122 e. The van der Waals surface area contributed by atoms with Gasteiger partial charge in [-0.1, -0.05) is 29.8 Å². The molecule has 1 unspecified atom stereocenters. The minimum atomic E-state index is -0.707. The molecule has 0 spiro atoms. The normalized spacial score (nSPS) is 12.4. The van der Waals surface area contributed by atoms with Crippen LogP contribution in [0.15, 0.2) is 30.5 Å². The Bertz CT molecular complexity index is 520. The van der Waals surface area contributed by atoms with Gasteiger partial charge >= 0.3 is 0 Å². The molecule has 1 aromatic carbocycles. The zero-order valence-corrected chi connectivity index (χ0v) is 11.1. The van der Waals surface area contributed by atoms with Gasteiger partial charge in [0.2, 0.25) is 0 Å². The number of rotatable bonds is 4. The molecule has 0 fully saturated rings. The van der Waals surface area contributed by atoms with Crippen LogP contribution in [0.5, 0.6) is 5.75 Å². The second kappa shape index (κ2) is 5.42. The van der Waals surface area contributed by atoms with Crippen molar-refractivity contribution in [2.45, 2.75) is 12.5 Å². The molecule has 1 atom stereocenters. The van der Waals surface area contributed by atoms with Crippen LogP contribution in [0.4, 0.5) is 0 Å². The number of aliphatic hydroxyl groups is 1. The Balaban J connectivity index is 2.24. The van der Waals surface area contributed by atoms with E-state index in [0.29, 0.717) is 17.1 Å². The highest BCUT2D eigenvalue weighted by Gasteiger charge is 2.18. The minimum Gasteiger partial charge on any atom is -0.496 e. The molecule has 0 amide bonds. The molecule has 96 valence electrons. The molecular formula is C13H15ClN2O2. The van der Waals surface area contributed by atoms with Crippen LogP contribution in [0.1, 0.15) is 17.4 Å². The summed E-state index contributed by atoms with van der Waals surface area (Å²) in [6, 6.07) is 7.60. The van der Waals surface area contributed by atoms with Crippen LogP contribution >= 0.6 is 11.6 Å². The number of para-hydroxylation sites is 1. The molecular weight excluding hydrogens is 252 g/mol. The van der Waals surface area contributed by atoms with E-state index in [1.807, 2.05) is 24.3 Å². The fourth-order valence-corrected chi connectivity index (χ4v) is 2.26. The lowest BCUT2D eigenvalue weighted by Gasteiger charge is -2.14. The Kier molecular flexibility index (Phi) is 3.89. The van der Waals surface area contributed by atoms with Gasteiger partial charge in [-0.15, -0.1) is 0 Å². The molecule has 2 aromatic rings. The molecule has 0 saturated heterocycles. The highest BCUT2D eigenvalue weighted by atomic mass is 35.5. The van der Waals surface area contributed by atoms with Gasteiger partial charge in [-0.05, 0) is 11.6 Å². The maximum absolute atomic E-state index is 10.2. The van der Waals surface area contributed by atoms with E-state index in [9.17, 15) is 5.11 Å². The first kappa shape index (κ1) is 12.9. The van der Waals surface area contributed by atoms with Crippen molar-refractivity contribution < 1.29 is 9.84 Å². The molecule has 0 bridgehead atoms. The van der Waals surface area contributed by atoms with E-state index >= 15 is 0 Å². The van der Waals surface area contributed by atoms with Gasteiger partial charge < -0.3 is 9.84 Å². The first-order chi connectivity index (χ1) is 8.63. The van der Waals surface area contributed by atoms with Gasteiger partial charge in [0, 0.05) is 13.5 Å². The zero-order valence-electron chi connectivity index (χ0n) is 10.3. The van der Waals surface area contributed by atoms with Crippen LogP contribution in [0.2, 0.25) is 5.02 Å². The van der Waals surface area contributed by atoms with Gasteiger partial charge in [0.1, 0.15) is 11.9 Å². The van der Waals surface area contributed by atoms with E-state index in [0.717, 1.165) is 11.3 Å². The highest BCUT2D eigenvalue weighted by molar-refractivity contribution is 6.31. The summed E-state index contributed by atoms with van der Waals surface area (Å²) >= 11 is 6.01. The van der Waals surface area contributed by atoms with Gasteiger partial charge in [0.25, 0.3) is 0 Å². The number of hydrogen-bond donors (Lipinski definition) is 1. The van der Waals surface area contributed by atoms with Crippen molar-refractivity contribution in [1.82, 2.24) is 9.78 Å². The van der Waals surface area contributed by atoms with Gasteiger partial charge in [0.05, 0.1) is 24.0 Å². The molecule has 0 saturated carbocycles. The number of halogens is 1. The highest BCUT2D eigenvalue weighted by Crippen LogP contribution is 2.28. The van der Waals surface area contributed by atoms with Gasteiger partial charge in [0.15, 0.2) is 0 Å². The number of hydrogen-bond acceptors (Lipinski definition) is 3. The van der Waals surface area contributed by atoms with Crippen molar-refractivity contribution in [1.29, 1.82) is 0 Å². The Labute approximate surface area is 111 Å². The first-order valence-electron chi connectivity index (χ1n) is 5.61. The lowest BCUT2D eigenvalue weighted by molar-refractivity contribution is 0.167. The first-order valence-corrected chi connectivity index (χ1v) is 5.98. The average Bonchev–Trinajstić information content (AvgIpc) is 2.69. The maximum atomic E-state index is 10.2. The molecule has 0 aliphatic carbocycles. The molecule has 1 heterocycles. The van der Waals surface area contributed by atoms with E-state index in [-0.39, 0.29) is 0 Å². The van der Waals surface area contributed by atoms with Crippen molar-refractivity contribution in [3.05, 3.63) is 46.7 Å². The van der Waals surface area contributed by atoms with Crippen molar-refractivity contribution in [3.8, 4) is 5.75 Å². The number of aryl methyl sites for hydroxylation is 1. The van der Waals surface area contributed by atoms with Gasteiger partial charge in [-0.25, -0.2) is 0 Å². The number of methoxy groups -OCH3 is 1. The van der Waals surface area contributed by atoms with Crippen LogP contribution in [0.25, 0.3) is 0 Å². The number of aromatic nitrogens is 2. The lowest BCUT2D eigenvalue weighted by Crippen LogP contribution is -2.09. The van der Waals surface area contributed by atoms with Crippen LogP contribution in [0, 0.1) is 0 Å². The predicted molar refractivity (Wildman–Crippen MR) is 69.9 cm³/mol. The number of nitrogens with zero attached hydrogens (tertiary/aromatic N) is 2. The largest absolute Gasteiger partial charge is 0.496 e. The number of ether oxygens (including phenoxy) is 1. The second-order valence-corrected chi connectivity index (χ2v) is 4.44. The summed E-state index contributed by atoms with van der Waals surface area (Å²) < 4.78 is 6.84. The van der Waals surface area contributed by atoms with Crippen LogP contribution in [-0.2, 0) is 13.5 Å². The standard InChI is InChI=1S/C13H15ClN2O2/c1-16-13(10(14)8-15-16)11(17)7-9-5-3-4-6-12(9)18-2/h3-6,8,11,17H,7H2,1-2H3. The second-order valence-electron chi connectivity index (χ2n) is 4.03. The molecule has 18 heavy (non-hydrogen) atoms. The molecule has 0 aliphatic rings. The van der Waals surface area contributed by atoms with Crippen LogP contribution in [0.3, 0.4) is 0 Å². The summed E-state index contributed by atoms with van der Waals surface area (Å²) in [4.78, 5) is 0. The third-order valence-electron chi connectivity index (χ3n) is 2.86. The quantitative estimate of drug-likeness (QED) is 0.924.